The zero-order valence-electron chi connectivity index (χ0n) is 21.9. The van der Waals surface area contributed by atoms with Crippen molar-refractivity contribution in [2.45, 2.75) is 32.4 Å². The Balaban J connectivity index is 0.00000280. The van der Waals surface area contributed by atoms with E-state index in [0.29, 0.717) is 28.4 Å². The summed E-state index contributed by atoms with van der Waals surface area (Å²) in [5, 5.41) is 26.4. The maximum atomic E-state index is 13.1. The molecule has 0 aliphatic carbocycles. The second-order valence-corrected chi connectivity index (χ2v) is 11.2. The van der Waals surface area contributed by atoms with Gasteiger partial charge in [0.15, 0.2) is 5.75 Å². The highest BCUT2D eigenvalue weighted by Crippen LogP contribution is 2.27. The summed E-state index contributed by atoms with van der Waals surface area (Å²) in [7, 11) is -4.19. The van der Waals surface area contributed by atoms with Crippen LogP contribution < -0.4 is 14.8 Å². The Hall–Kier alpha value is -3.54. The zero-order chi connectivity index (χ0) is 27.4. The van der Waals surface area contributed by atoms with Gasteiger partial charge in [-0.2, -0.15) is 0 Å². The number of piperidine rings is 1. The van der Waals surface area contributed by atoms with Crippen LogP contribution in [0.5, 0.6) is 5.75 Å². The number of carbonyl (C=O) groups is 1. The molecule has 0 amide bonds. The number of halogens is 2. The highest BCUT2D eigenvalue weighted by atomic mass is 35.5. The van der Waals surface area contributed by atoms with Crippen LogP contribution in [0.4, 0.5) is 5.69 Å². The van der Waals surface area contributed by atoms with E-state index in [0.717, 1.165) is 41.0 Å². The molecule has 0 spiro atoms. The normalized spacial score (nSPS) is 13.6. The van der Waals surface area contributed by atoms with Crippen molar-refractivity contribution in [3.63, 3.8) is 0 Å². The molecule has 1 aliphatic heterocycles. The molecule has 0 radical (unpaired) electrons. The van der Waals surface area contributed by atoms with Gasteiger partial charge < -0.3 is 20.5 Å². The van der Waals surface area contributed by atoms with Gasteiger partial charge in [-0.3, -0.25) is 19.9 Å². The lowest BCUT2D eigenvalue weighted by atomic mass is 10.0. The first-order valence-electron chi connectivity index (χ1n) is 12.2. The highest BCUT2D eigenvalue weighted by Gasteiger charge is 2.27. The van der Waals surface area contributed by atoms with Crippen LogP contribution in [0, 0.1) is 10.8 Å². The van der Waals surface area contributed by atoms with E-state index in [1.54, 1.807) is 49.4 Å². The quantitative estimate of drug-likeness (QED) is 0.208. The number of nitrogens with two attached hydrogens (primary N) is 1. The third kappa shape index (κ3) is 8.00. The highest BCUT2D eigenvalue weighted by molar-refractivity contribution is 7.93. The maximum Gasteiger partial charge on any atom is 0.320 e. The standard InChI is InChI=1S/C27H31N5O5S.2ClH/c1-18(28)31-12-10-25(11-13-31)37-24-8-6-23(7-9-24)32(38(35,36)17-26(33)34)16-19-2-3-20-4-5-21(27(29)30)15-22(20)14-19;;/h2-9,14-15,25,28H,10-13,16-17H2,1H3,(H3,29,30)(H,33,34);2*1H. The monoisotopic (exact) mass is 609 g/mol. The number of nitrogen functional groups attached to an aromatic ring is 1. The van der Waals surface area contributed by atoms with Crippen LogP contribution in [-0.4, -0.2) is 61.0 Å². The van der Waals surface area contributed by atoms with Gasteiger partial charge >= 0.3 is 5.97 Å². The first-order chi connectivity index (χ1) is 18.0. The molecule has 216 valence electrons. The molecule has 0 bridgehead atoms. The molecule has 4 rings (SSSR count). The summed E-state index contributed by atoms with van der Waals surface area (Å²) in [6.07, 6.45) is 1.57. The van der Waals surface area contributed by atoms with Crippen LogP contribution in [0.25, 0.3) is 10.8 Å². The maximum absolute atomic E-state index is 13.1. The Labute approximate surface area is 246 Å². The van der Waals surface area contributed by atoms with Crippen molar-refractivity contribution < 1.29 is 23.1 Å². The van der Waals surface area contributed by atoms with E-state index in [1.165, 1.54) is 0 Å². The molecule has 0 atom stereocenters. The topological polar surface area (TPSA) is 161 Å². The minimum absolute atomic E-state index is 0. The van der Waals surface area contributed by atoms with Gasteiger partial charge in [-0.05, 0) is 59.7 Å². The molecular formula is C27H33Cl2N5O5S. The largest absolute Gasteiger partial charge is 0.490 e. The van der Waals surface area contributed by atoms with Crippen LogP contribution in [0.15, 0.2) is 60.7 Å². The van der Waals surface area contributed by atoms with E-state index >= 15 is 0 Å². The third-order valence-corrected chi connectivity index (χ3v) is 8.15. The lowest BCUT2D eigenvalue weighted by Crippen LogP contribution is -2.40. The number of hydrogen-bond acceptors (Lipinski definition) is 6. The van der Waals surface area contributed by atoms with Crippen LogP contribution in [0.2, 0.25) is 0 Å². The summed E-state index contributed by atoms with van der Waals surface area (Å²) >= 11 is 0. The Morgan fingerprint density at radius 1 is 1.02 bits per heavy atom. The number of benzene rings is 3. The van der Waals surface area contributed by atoms with E-state index in [1.807, 2.05) is 23.1 Å². The van der Waals surface area contributed by atoms with E-state index in [-0.39, 0.29) is 43.3 Å². The minimum atomic E-state index is -4.19. The number of carboxylic acids is 1. The van der Waals surface area contributed by atoms with Crippen molar-refractivity contribution in [1.82, 2.24) is 4.90 Å². The number of anilines is 1. The van der Waals surface area contributed by atoms with Crippen LogP contribution >= 0.6 is 24.8 Å². The number of carboxylic acid groups (broad SMARTS) is 1. The molecule has 0 saturated carbocycles. The Morgan fingerprint density at radius 2 is 1.65 bits per heavy atom. The SMILES string of the molecule is CC(=N)N1CCC(Oc2ccc(N(Cc3ccc4ccc(C(=N)N)cc4c3)S(=O)(=O)CC(=O)O)cc2)CC1.Cl.Cl. The van der Waals surface area contributed by atoms with Crippen molar-refractivity contribution in [2.24, 2.45) is 5.73 Å². The summed E-state index contributed by atoms with van der Waals surface area (Å²) in [5.41, 5.74) is 7.14. The number of fused-ring (bicyclic) bond motifs is 1. The molecule has 5 N–H and O–H groups in total. The van der Waals surface area contributed by atoms with Crippen LogP contribution in [-0.2, 0) is 21.4 Å². The zero-order valence-corrected chi connectivity index (χ0v) is 24.3. The Kier molecular flexibility index (Phi) is 11.2. The van der Waals surface area contributed by atoms with Crippen molar-refractivity contribution in [2.75, 3.05) is 23.1 Å². The van der Waals surface area contributed by atoms with Gasteiger partial charge in [0.25, 0.3) is 0 Å². The molecule has 13 heteroatoms. The first kappa shape index (κ1) is 32.7. The molecule has 1 saturated heterocycles. The summed E-state index contributed by atoms with van der Waals surface area (Å²) in [5.74, 6) is -1.41. The van der Waals surface area contributed by atoms with Crippen molar-refractivity contribution >= 4 is 68.9 Å². The number of hydrogen-bond donors (Lipinski definition) is 4. The molecule has 1 aliphatic rings. The summed E-state index contributed by atoms with van der Waals surface area (Å²) in [4.78, 5) is 13.3. The molecule has 1 fully saturated rings. The molecule has 3 aromatic carbocycles. The summed E-state index contributed by atoms with van der Waals surface area (Å²) < 4.78 is 33.3. The summed E-state index contributed by atoms with van der Waals surface area (Å²) in [6, 6.07) is 17.4. The predicted octanol–water partition coefficient (Wildman–Crippen LogP) is 4.23. The number of nitrogens with one attached hydrogen (secondary N) is 2. The van der Waals surface area contributed by atoms with Crippen molar-refractivity contribution in [3.8, 4) is 5.75 Å². The lowest BCUT2D eigenvalue weighted by molar-refractivity contribution is -0.134. The number of likely N-dealkylation sites (tertiary alicyclic amines) is 1. The average molecular weight is 611 g/mol. The second-order valence-electron chi connectivity index (χ2n) is 9.35. The number of aliphatic carboxylic acids is 1. The van der Waals surface area contributed by atoms with Gasteiger partial charge in [-0.25, -0.2) is 8.42 Å². The second kappa shape index (κ2) is 13.7. The van der Waals surface area contributed by atoms with Gasteiger partial charge in [0.05, 0.1) is 18.1 Å². The van der Waals surface area contributed by atoms with E-state index in [4.69, 9.17) is 21.3 Å². The number of nitrogens with zero attached hydrogens (tertiary/aromatic N) is 2. The molecule has 40 heavy (non-hydrogen) atoms. The van der Waals surface area contributed by atoms with Gasteiger partial charge in [-0.1, -0.05) is 24.3 Å². The molecule has 1 heterocycles. The number of rotatable bonds is 9. The van der Waals surface area contributed by atoms with E-state index < -0.39 is 21.7 Å². The van der Waals surface area contributed by atoms with Gasteiger partial charge in [0.2, 0.25) is 10.0 Å². The fourth-order valence-electron chi connectivity index (χ4n) is 4.50. The lowest BCUT2D eigenvalue weighted by Gasteiger charge is -2.33. The van der Waals surface area contributed by atoms with E-state index in [9.17, 15) is 18.3 Å². The van der Waals surface area contributed by atoms with Gasteiger partial charge in [0.1, 0.15) is 17.7 Å². The van der Waals surface area contributed by atoms with E-state index in [2.05, 4.69) is 0 Å². The smallest absolute Gasteiger partial charge is 0.320 e. The van der Waals surface area contributed by atoms with Crippen LogP contribution in [0.3, 0.4) is 0 Å². The number of amidine groups is 2. The van der Waals surface area contributed by atoms with Crippen molar-refractivity contribution in [1.29, 1.82) is 10.8 Å². The van der Waals surface area contributed by atoms with Crippen molar-refractivity contribution in [3.05, 3.63) is 71.8 Å². The third-order valence-electron chi connectivity index (χ3n) is 6.53. The summed E-state index contributed by atoms with van der Waals surface area (Å²) in [6.45, 7) is 3.20. The average Bonchev–Trinajstić information content (AvgIpc) is 2.87. The molecule has 0 aromatic heterocycles. The molecule has 0 unspecified atom stereocenters. The number of sulfonamides is 1. The predicted molar refractivity (Wildman–Crippen MR) is 162 cm³/mol. The Bertz CT molecular complexity index is 1480. The fourth-order valence-corrected chi connectivity index (χ4v) is 5.76. The van der Waals surface area contributed by atoms with Crippen LogP contribution in [0.1, 0.15) is 30.9 Å². The Morgan fingerprint density at radius 3 is 2.23 bits per heavy atom. The minimum Gasteiger partial charge on any atom is -0.490 e. The number of ether oxygens (including phenoxy) is 1. The van der Waals surface area contributed by atoms with Gasteiger partial charge in [0, 0.05) is 31.5 Å². The van der Waals surface area contributed by atoms with Gasteiger partial charge in [-0.15, -0.1) is 24.8 Å². The molecule has 10 nitrogen and oxygen atoms in total. The molecule has 3 aromatic rings. The first-order valence-corrected chi connectivity index (χ1v) is 13.8. The fraction of sp³-hybridized carbons (Fsp3) is 0.296. The molecular weight excluding hydrogens is 577 g/mol.